The van der Waals surface area contributed by atoms with E-state index in [1.807, 2.05) is 0 Å². The van der Waals surface area contributed by atoms with Crippen molar-refractivity contribution in [1.29, 1.82) is 0 Å². The SMILES string of the molecule is CCOC(=O)CC(c1ccc(F)cc1)C1CCN(C(=O)O)CC1. The fourth-order valence-corrected chi connectivity index (χ4v) is 3.16. The predicted molar refractivity (Wildman–Crippen MR) is 82.7 cm³/mol. The van der Waals surface area contributed by atoms with Gasteiger partial charge < -0.3 is 14.7 Å². The van der Waals surface area contributed by atoms with Gasteiger partial charge in [-0.05, 0) is 49.3 Å². The minimum atomic E-state index is -0.910. The van der Waals surface area contributed by atoms with Crippen LogP contribution in [0.1, 0.15) is 37.7 Å². The number of halogens is 1. The number of esters is 1. The van der Waals surface area contributed by atoms with E-state index >= 15 is 0 Å². The third-order valence-corrected chi connectivity index (χ3v) is 4.37. The van der Waals surface area contributed by atoms with Gasteiger partial charge in [0.15, 0.2) is 0 Å². The van der Waals surface area contributed by atoms with Crippen LogP contribution in [0.2, 0.25) is 0 Å². The maximum absolute atomic E-state index is 13.2. The van der Waals surface area contributed by atoms with Crippen LogP contribution < -0.4 is 0 Å². The highest BCUT2D eigenvalue weighted by Crippen LogP contribution is 2.35. The molecule has 1 aliphatic rings. The van der Waals surface area contributed by atoms with E-state index < -0.39 is 6.09 Å². The molecule has 0 radical (unpaired) electrons. The van der Waals surface area contributed by atoms with Gasteiger partial charge in [0.1, 0.15) is 5.82 Å². The molecule has 6 heteroatoms. The summed E-state index contributed by atoms with van der Waals surface area (Å²) in [6, 6.07) is 6.17. The highest BCUT2D eigenvalue weighted by Gasteiger charge is 2.31. The van der Waals surface area contributed by atoms with Crippen molar-refractivity contribution in [2.75, 3.05) is 19.7 Å². The van der Waals surface area contributed by atoms with E-state index in [0.29, 0.717) is 32.5 Å². The molecular formula is C17H22FNO4. The Bertz CT molecular complexity index is 538. The van der Waals surface area contributed by atoms with Crippen molar-refractivity contribution in [2.45, 2.75) is 32.1 Å². The Morgan fingerprint density at radius 3 is 2.43 bits per heavy atom. The molecule has 23 heavy (non-hydrogen) atoms. The van der Waals surface area contributed by atoms with Crippen LogP contribution in [0.25, 0.3) is 0 Å². The molecule has 1 aromatic carbocycles. The molecule has 0 saturated carbocycles. The van der Waals surface area contributed by atoms with Crippen molar-refractivity contribution < 1.29 is 23.8 Å². The molecule has 2 rings (SSSR count). The van der Waals surface area contributed by atoms with Crippen LogP contribution in [0, 0.1) is 11.7 Å². The Kier molecular flexibility index (Phi) is 5.96. The summed E-state index contributed by atoms with van der Waals surface area (Å²) in [7, 11) is 0. The van der Waals surface area contributed by atoms with E-state index in [9.17, 15) is 14.0 Å². The lowest BCUT2D eigenvalue weighted by Gasteiger charge is -2.34. The van der Waals surface area contributed by atoms with Crippen molar-refractivity contribution in [1.82, 2.24) is 4.90 Å². The Morgan fingerprint density at radius 2 is 1.91 bits per heavy atom. The molecule has 5 nitrogen and oxygen atoms in total. The standard InChI is InChI=1S/C17H22FNO4/c1-2-23-16(20)11-15(12-3-5-14(18)6-4-12)13-7-9-19(10-8-13)17(21)22/h3-6,13,15H,2,7-11H2,1H3,(H,21,22). The molecule has 1 saturated heterocycles. The summed E-state index contributed by atoms with van der Waals surface area (Å²) in [5, 5.41) is 9.04. The molecule has 1 fully saturated rings. The molecule has 1 amide bonds. The van der Waals surface area contributed by atoms with E-state index in [1.165, 1.54) is 17.0 Å². The Labute approximate surface area is 135 Å². The fourth-order valence-electron chi connectivity index (χ4n) is 3.16. The van der Waals surface area contributed by atoms with Crippen LogP contribution in [0.5, 0.6) is 0 Å². The third kappa shape index (κ3) is 4.68. The first-order chi connectivity index (χ1) is 11.0. The second-order valence-electron chi connectivity index (χ2n) is 5.77. The minimum absolute atomic E-state index is 0.0782. The maximum atomic E-state index is 13.2. The summed E-state index contributed by atoms with van der Waals surface area (Å²) >= 11 is 0. The van der Waals surface area contributed by atoms with Gasteiger partial charge >= 0.3 is 12.1 Å². The van der Waals surface area contributed by atoms with Crippen LogP contribution >= 0.6 is 0 Å². The molecule has 1 heterocycles. The molecule has 1 atom stereocenters. The van der Waals surface area contributed by atoms with E-state index in [0.717, 1.165) is 5.56 Å². The number of piperidine rings is 1. The van der Waals surface area contributed by atoms with Gasteiger partial charge in [-0.2, -0.15) is 0 Å². The average molecular weight is 323 g/mol. The Balaban J connectivity index is 2.12. The predicted octanol–water partition coefficient (Wildman–Crippen LogP) is 3.25. The van der Waals surface area contributed by atoms with Gasteiger partial charge in [0, 0.05) is 13.1 Å². The molecule has 126 valence electrons. The van der Waals surface area contributed by atoms with E-state index in [4.69, 9.17) is 9.84 Å². The number of amides is 1. The van der Waals surface area contributed by atoms with Crippen LogP contribution in [0.3, 0.4) is 0 Å². The molecule has 0 spiro atoms. The van der Waals surface area contributed by atoms with Gasteiger partial charge in [0.25, 0.3) is 0 Å². The normalized spacial score (nSPS) is 16.9. The highest BCUT2D eigenvalue weighted by atomic mass is 19.1. The summed E-state index contributed by atoms with van der Waals surface area (Å²) < 4.78 is 18.2. The number of ether oxygens (including phenoxy) is 1. The van der Waals surface area contributed by atoms with Crippen molar-refractivity contribution in [3.05, 3.63) is 35.6 Å². The smallest absolute Gasteiger partial charge is 0.407 e. The summed E-state index contributed by atoms with van der Waals surface area (Å²) in [4.78, 5) is 24.3. The zero-order valence-corrected chi connectivity index (χ0v) is 13.2. The van der Waals surface area contributed by atoms with Crippen LogP contribution in [-0.4, -0.2) is 41.8 Å². The number of benzene rings is 1. The fraction of sp³-hybridized carbons (Fsp3) is 0.529. The summed E-state index contributed by atoms with van der Waals surface area (Å²) in [5.41, 5.74) is 0.897. The average Bonchev–Trinajstić information content (AvgIpc) is 2.54. The van der Waals surface area contributed by atoms with Crippen LogP contribution in [0.15, 0.2) is 24.3 Å². The van der Waals surface area contributed by atoms with Gasteiger partial charge in [0.05, 0.1) is 13.0 Å². The number of carbonyl (C=O) groups excluding carboxylic acids is 1. The lowest BCUT2D eigenvalue weighted by Crippen LogP contribution is -2.39. The van der Waals surface area contributed by atoms with Gasteiger partial charge in [-0.3, -0.25) is 4.79 Å². The van der Waals surface area contributed by atoms with Crippen molar-refractivity contribution >= 4 is 12.1 Å². The monoisotopic (exact) mass is 323 g/mol. The molecule has 1 N–H and O–H groups in total. The van der Waals surface area contributed by atoms with Crippen molar-refractivity contribution in [2.24, 2.45) is 5.92 Å². The molecule has 1 aromatic rings. The Morgan fingerprint density at radius 1 is 1.30 bits per heavy atom. The van der Waals surface area contributed by atoms with Crippen molar-refractivity contribution in [3.8, 4) is 0 Å². The first-order valence-electron chi connectivity index (χ1n) is 7.90. The van der Waals surface area contributed by atoms with E-state index in [2.05, 4.69) is 0 Å². The van der Waals surface area contributed by atoms with E-state index in [1.54, 1.807) is 19.1 Å². The van der Waals surface area contributed by atoms with Crippen LogP contribution in [0.4, 0.5) is 9.18 Å². The number of hydrogen-bond donors (Lipinski definition) is 1. The second kappa shape index (κ2) is 7.94. The summed E-state index contributed by atoms with van der Waals surface area (Å²) in [6.45, 7) is 3.00. The molecular weight excluding hydrogens is 301 g/mol. The summed E-state index contributed by atoms with van der Waals surface area (Å²) in [6.07, 6.45) is 0.700. The summed E-state index contributed by atoms with van der Waals surface area (Å²) in [5.74, 6) is -0.488. The van der Waals surface area contributed by atoms with Gasteiger partial charge in [-0.1, -0.05) is 12.1 Å². The molecule has 1 unspecified atom stereocenters. The van der Waals surface area contributed by atoms with E-state index in [-0.39, 0.29) is 30.0 Å². The number of carboxylic acid groups (broad SMARTS) is 1. The second-order valence-corrected chi connectivity index (χ2v) is 5.77. The zero-order valence-electron chi connectivity index (χ0n) is 13.2. The Hall–Kier alpha value is -2.11. The van der Waals surface area contributed by atoms with Crippen molar-refractivity contribution in [3.63, 3.8) is 0 Å². The third-order valence-electron chi connectivity index (χ3n) is 4.37. The highest BCUT2D eigenvalue weighted by molar-refractivity contribution is 5.70. The first kappa shape index (κ1) is 17.2. The van der Waals surface area contributed by atoms with Gasteiger partial charge in [-0.25, -0.2) is 9.18 Å². The number of nitrogens with zero attached hydrogens (tertiary/aromatic N) is 1. The number of rotatable bonds is 5. The van der Waals surface area contributed by atoms with Crippen LogP contribution in [-0.2, 0) is 9.53 Å². The quantitative estimate of drug-likeness (QED) is 0.845. The minimum Gasteiger partial charge on any atom is -0.466 e. The number of likely N-dealkylation sites (tertiary alicyclic amines) is 1. The maximum Gasteiger partial charge on any atom is 0.407 e. The topological polar surface area (TPSA) is 66.8 Å². The lowest BCUT2D eigenvalue weighted by atomic mass is 9.78. The number of hydrogen-bond acceptors (Lipinski definition) is 3. The molecule has 0 aliphatic carbocycles. The van der Waals surface area contributed by atoms with Gasteiger partial charge in [-0.15, -0.1) is 0 Å². The molecule has 0 bridgehead atoms. The van der Waals surface area contributed by atoms with Gasteiger partial charge in [0.2, 0.25) is 0 Å². The lowest BCUT2D eigenvalue weighted by molar-refractivity contribution is -0.144. The number of carbonyl (C=O) groups is 2. The largest absolute Gasteiger partial charge is 0.466 e. The molecule has 1 aliphatic heterocycles. The first-order valence-corrected chi connectivity index (χ1v) is 7.90. The molecule has 0 aromatic heterocycles. The zero-order chi connectivity index (χ0) is 16.8.